The van der Waals surface area contributed by atoms with Crippen LogP contribution in [0.15, 0.2) is 41.2 Å². The topological polar surface area (TPSA) is 65.7 Å². The summed E-state index contributed by atoms with van der Waals surface area (Å²) in [4.78, 5) is 6.62. The van der Waals surface area contributed by atoms with Gasteiger partial charge in [0.2, 0.25) is 5.79 Å². The normalized spacial score (nSPS) is 23.6. The molecule has 0 bridgehead atoms. The van der Waals surface area contributed by atoms with Gasteiger partial charge in [0, 0.05) is 18.3 Å². The second kappa shape index (κ2) is 8.31. The number of hydrogen-bond donors (Lipinski definition) is 3. The Balaban J connectivity index is 1.55. The van der Waals surface area contributed by atoms with Crippen LogP contribution in [0.25, 0.3) is 0 Å². The predicted molar refractivity (Wildman–Crippen MR) is 99.9 cm³/mol. The van der Waals surface area contributed by atoms with E-state index in [1.54, 1.807) is 12.1 Å². The fourth-order valence-electron chi connectivity index (χ4n) is 3.40. The molecule has 0 aromatic heterocycles. The van der Waals surface area contributed by atoms with Crippen molar-refractivity contribution in [2.75, 3.05) is 26.2 Å². The number of nitrogens with zero attached hydrogens (tertiary/aromatic N) is 2. The molecule has 3 rings (SSSR count). The molecule has 0 amide bonds. The average Bonchev–Trinajstić information content (AvgIpc) is 2.66. The van der Waals surface area contributed by atoms with E-state index in [1.807, 2.05) is 0 Å². The summed E-state index contributed by atoms with van der Waals surface area (Å²) >= 11 is 0. The Kier molecular flexibility index (Phi) is 6.06. The molecule has 8 heteroatoms. The smallest absolute Gasteiger partial charge is 0.372 e. The summed E-state index contributed by atoms with van der Waals surface area (Å²) in [6.45, 7) is 4.11. The van der Waals surface area contributed by atoms with Crippen LogP contribution in [0.3, 0.4) is 0 Å². The summed E-state index contributed by atoms with van der Waals surface area (Å²) in [6.07, 6.45) is 3.67. The highest BCUT2D eigenvalue weighted by atomic mass is 19.4. The molecule has 1 aromatic carbocycles. The number of likely N-dealkylation sites (tertiary alicyclic amines) is 1. The van der Waals surface area contributed by atoms with Gasteiger partial charge in [-0.2, -0.15) is 13.2 Å². The molecule has 1 saturated heterocycles. The number of hydrogen-bond acceptors (Lipinski definition) is 5. The van der Waals surface area contributed by atoms with Gasteiger partial charge >= 0.3 is 6.18 Å². The Morgan fingerprint density at radius 2 is 2.00 bits per heavy atom. The molecule has 27 heavy (non-hydrogen) atoms. The molecule has 2 heterocycles. The van der Waals surface area contributed by atoms with Gasteiger partial charge < -0.3 is 15.5 Å². The Hall–Kier alpha value is -2.06. The minimum Gasteiger partial charge on any atom is -0.372 e. The molecule has 148 valence electrons. The Morgan fingerprint density at radius 3 is 2.74 bits per heavy atom. The molecule has 4 N–H and O–H groups in total. The quantitative estimate of drug-likeness (QED) is 0.663. The van der Waals surface area contributed by atoms with Crippen molar-refractivity contribution in [3.63, 3.8) is 0 Å². The van der Waals surface area contributed by atoms with E-state index >= 15 is 0 Å². The van der Waals surface area contributed by atoms with Crippen molar-refractivity contribution in [2.45, 2.75) is 37.6 Å². The summed E-state index contributed by atoms with van der Waals surface area (Å²) in [7, 11) is 0. The number of halogens is 3. The predicted octanol–water partition coefficient (Wildman–Crippen LogP) is 2.76. The highest BCUT2D eigenvalue weighted by Crippen LogP contribution is 2.31. The van der Waals surface area contributed by atoms with Gasteiger partial charge in [-0.25, -0.2) is 4.99 Å². The van der Waals surface area contributed by atoms with Crippen molar-refractivity contribution in [3.05, 3.63) is 47.3 Å². The minimum absolute atomic E-state index is 0.259. The lowest BCUT2D eigenvalue weighted by Crippen LogP contribution is -2.52. The average molecular weight is 381 g/mol. The zero-order valence-corrected chi connectivity index (χ0v) is 15.2. The molecule has 0 aliphatic carbocycles. The number of aliphatic imine (C=N–C) groups is 1. The van der Waals surface area contributed by atoms with Crippen LogP contribution in [0.2, 0.25) is 0 Å². The molecule has 0 spiro atoms. The van der Waals surface area contributed by atoms with Crippen LogP contribution in [0, 0.1) is 0 Å². The number of rotatable bonds is 6. The van der Waals surface area contributed by atoms with Gasteiger partial charge in [-0.1, -0.05) is 18.6 Å². The molecule has 1 fully saturated rings. The Bertz CT molecular complexity index is 695. The third-order valence-electron chi connectivity index (χ3n) is 4.89. The van der Waals surface area contributed by atoms with Crippen molar-refractivity contribution in [1.29, 1.82) is 0 Å². The lowest BCUT2D eigenvalue weighted by molar-refractivity contribution is -0.137. The van der Waals surface area contributed by atoms with E-state index in [2.05, 4.69) is 20.5 Å². The molecule has 0 radical (unpaired) electrons. The van der Waals surface area contributed by atoms with Gasteiger partial charge in [0.15, 0.2) is 0 Å². The van der Waals surface area contributed by atoms with Crippen LogP contribution in [0.4, 0.5) is 13.2 Å². The van der Waals surface area contributed by atoms with Gasteiger partial charge in [0.1, 0.15) is 5.82 Å². The van der Waals surface area contributed by atoms with Crippen LogP contribution >= 0.6 is 0 Å². The summed E-state index contributed by atoms with van der Waals surface area (Å²) in [5, 5.41) is 6.27. The van der Waals surface area contributed by atoms with Gasteiger partial charge in [-0.15, -0.1) is 0 Å². The highest BCUT2D eigenvalue weighted by Gasteiger charge is 2.34. The fraction of sp³-hybridized carbons (Fsp3) is 0.526. The SMILES string of the molecule is NC1(c2cccc(C(F)(F)F)c2)N=CC=C(NCCCN2CCCCC2)N1. The van der Waals surface area contributed by atoms with E-state index in [-0.39, 0.29) is 5.56 Å². The van der Waals surface area contributed by atoms with Crippen molar-refractivity contribution >= 4 is 6.21 Å². The molecule has 2 aliphatic heterocycles. The van der Waals surface area contributed by atoms with Crippen LogP contribution in [0.1, 0.15) is 36.8 Å². The Labute approximate surface area is 157 Å². The van der Waals surface area contributed by atoms with E-state index in [0.717, 1.165) is 44.7 Å². The van der Waals surface area contributed by atoms with E-state index in [4.69, 9.17) is 5.73 Å². The number of nitrogens with two attached hydrogens (primary N) is 1. The third kappa shape index (κ3) is 5.23. The molecule has 0 saturated carbocycles. The number of nitrogens with one attached hydrogen (secondary N) is 2. The van der Waals surface area contributed by atoms with Crippen molar-refractivity contribution in [1.82, 2.24) is 15.5 Å². The summed E-state index contributed by atoms with van der Waals surface area (Å²) in [5.41, 5.74) is 5.75. The largest absolute Gasteiger partial charge is 0.416 e. The highest BCUT2D eigenvalue weighted by molar-refractivity contribution is 5.73. The number of alkyl halides is 3. The number of benzene rings is 1. The maximum atomic E-state index is 13.0. The first-order valence-electron chi connectivity index (χ1n) is 9.33. The summed E-state index contributed by atoms with van der Waals surface area (Å²) in [6, 6.07) is 4.94. The minimum atomic E-state index is -4.42. The first kappa shape index (κ1) is 19.7. The maximum absolute atomic E-state index is 13.0. The first-order valence-corrected chi connectivity index (χ1v) is 9.33. The molecule has 2 aliphatic rings. The number of piperidine rings is 1. The molecular weight excluding hydrogens is 355 g/mol. The van der Waals surface area contributed by atoms with Gasteiger partial charge in [-0.05, 0) is 57.1 Å². The monoisotopic (exact) mass is 381 g/mol. The van der Waals surface area contributed by atoms with Crippen LogP contribution in [-0.4, -0.2) is 37.3 Å². The van der Waals surface area contributed by atoms with Gasteiger partial charge in [0.05, 0.1) is 5.56 Å². The van der Waals surface area contributed by atoms with Crippen LogP contribution in [0.5, 0.6) is 0 Å². The number of allylic oxidation sites excluding steroid dienone is 1. The van der Waals surface area contributed by atoms with E-state index in [9.17, 15) is 13.2 Å². The molecule has 1 aromatic rings. The summed E-state index contributed by atoms with van der Waals surface area (Å²) in [5.74, 6) is -0.769. The van der Waals surface area contributed by atoms with Crippen molar-refractivity contribution in [2.24, 2.45) is 10.7 Å². The molecule has 5 nitrogen and oxygen atoms in total. The van der Waals surface area contributed by atoms with Crippen molar-refractivity contribution < 1.29 is 13.2 Å². The van der Waals surface area contributed by atoms with E-state index in [1.165, 1.54) is 31.5 Å². The standard InChI is InChI=1S/C19H26F3N5/c20-18(21,22)15-6-4-7-16(14-15)19(23)25-10-8-17(26-19)24-9-5-13-27-11-2-1-3-12-27/h4,6-8,10,14,24,26H,1-3,5,9,11-13,23H2. The second-order valence-corrected chi connectivity index (χ2v) is 7.01. The molecule has 1 unspecified atom stereocenters. The van der Waals surface area contributed by atoms with Gasteiger partial charge in [-0.3, -0.25) is 5.73 Å². The molecule has 1 atom stereocenters. The summed E-state index contributed by atoms with van der Waals surface area (Å²) < 4.78 is 38.9. The third-order valence-corrected chi connectivity index (χ3v) is 4.89. The zero-order chi connectivity index (χ0) is 19.3. The van der Waals surface area contributed by atoms with E-state index < -0.39 is 17.5 Å². The lowest BCUT2D eigenvalue weighted by atomic mass is 10.0. The van der Waals surface area contributed by atoms with Crippen LogP contribution in [-0.2, 0) is 12.0 Å². The van der Waals surface area contributed by atoms with Crippen LogP contribution < -0.4 is 16.4 Å². The second-order valence-electron chi connectivity index (χ2n) is 7.01. The van der Waals surface area contributed by atoms with Crippen molar-refractivity contribution in [3.8, 4) is 0 Å². The maximum Gasteiger partial charge on any atom is 0.416 e. The fourth-order valence-corrected chi connectivity index (χ4v) is 3.40. The Morgan fingerprint density at radius 1 is 1.22 bits per heavy atom. The van der Waals surface area contributed by atoms with Gasteiger partial charge in [0.25, 0.3) is 0 Å². The zero-order valence-electron chi connectivity index (χ0n) is 15.2. The lowest BCUT2D eigenvalue weighted by Gasteiger charge is -2.32. The first-order chi connectivity index (χ1) is 12.9. The van der Waals surface area contributed by atoms with E-state index in [0.29, 0.717) is 5.82 Å². The molecular formula is C19H26F3N5.